The van der Waals surface area contributed by atoms with E-state index in [9.17, 15) is 0 Å². The Kier molecular flexibility index (Phi) is 4.60. The van der Waals surface area contributed by atoms with Crippen LogP contribution in [0, 0.1) is 6.92 Å². The highest BCUT2D eigenvalue weighted by atomic mass is 79.9. The molecule has 1 heterocycles. The first kappa shape index (κ1) is 13.8. The Morgan fingerprint density at radius 3 is 2.22 bits per heavy atom. The van der Waals surface area contributed by atoms with Crippen molar-refractivity contribution < 1.29 is 0 Å². The average Bonchev–Trinajstić information content (AvgIpc) is 2.76. The van der Waals surface area contributed by atoms with Crippen molar-refractivity contribution in [2.75, 3.05) is 0 Å². The fourth-order valence-electron chi connectivity index (χ4n) is 1.99. The topological polar surface area (TPSA) is 12.0 Å². The van der Waals surface area contributed by atoms with Crippen LogP contribution in [0.15, 0.2) is 40.9 Å². The zero-order valence-corrected chi connectivity index (χ0v) is 13.3. The van der Waals surface area contributed by atoms with Crippen LogP contribution < -0.4 is 5.32 Å². The molecule has 0 saturated carbocycles. The Bertz CT molecular complexity index is 503. The normalized spacial score (nSPS) is 14.4. The maximum atomic E-state index is 3.64. The van der Waals surface area contributed by atoms with Crippen molar-refractivity contribution in [3.8, 4) is 0 Å². The van der Waals surface area contributed by atoms with E-state index >= 15 is 0 Å². The highest BCUT2D eigenvalue weighted by Gasteiger charge is 2.12. The van der Waals surface area contributed by atoms with Gasteiger partial charge < -0.3 is 5.32 Å². The van der Waals surface area contributed by atoms with Crippen molar-refractivity contribution in [2.24, 2.45) is 0 Å². The molecule has 0 aliphatic rings. The summed E-state index contributed by atoms with van der Waals surface area (Å²) in [6, 6.07) is 13.6. The lowest BCUT2D eigenvalue weighted by Crippen LogP contribution is -2.21. The quantitative estimate of drug-likeness (QED) is 0.812. The number of hydrogen-bond donors (Lipinski definition) is 1. The number of benzene rings is 1. The molecule has 2 atom stereocenters. The van der Waals surface area contributed by atoms with Gasteiger partial charge in [0.25, 0.3) is 0 Å². The molecule has 0 spiro atoms. The van der Waals surface area contributed by atoms with Crippen LogP contribution in [0.25, 0.3) is 0 Å². The molecule has 0 bridgehead atoms. The van der Waals surface area contributed by atoms with E-state index in [0.717, 1.165) is 4.47 Å². The number of hydrogen-bond acceptors (Lipinski definition) is 2. The molecule has 3 heteroatoms. The van der Waals surface area contributed by atoms with Gasteiger partial charge in [-0.2, -0.15) is 0 Å². The van der Waals surface area contributed by atoms with Gasteiger partial charge in [-0.15, -0.1) is 11.3 Å². The van der Waals surface area contributed by atoms with Gasteiger partial charge in [0.1, 0.15) is 0 Å². The van der Waals surface area contributed by atoms with Gasteiger partial charge in [0.2, 0.25) is 0 Å². The van der Waals surface area contributed by atoms with E-state index in [2.05, 4.69) is 78.4 Å². The second-order valence-electron chi connectivity index (χ2n) is 4.61. The van der Waals surface area contributed by atoms with Gasteiger partial charge in [0.05, 0.1) is 0 Å². The minimum atomic E-state index is 0.357. The van der Waals surface area contributed by atoms with E-state index in [-0.39, 0.29) is 0 Å². The molecule has 0 saturated heterocycles. The van der Waals surface area contributed by atoms with Gasteiger partial charge in [-0.3, -0.25) is 0 Å². The molecule has 2 unspecified atom stereocenters. The minimum absolute atomic E-state index is 0.357. The van der Waals surface area contributed by atoms with E-state index in [1.807, 2.05) is 11.3 Å². The zero-order valence-electron chi connectivity index (χ0n) is 10.9. The van der Waals surface area contributed by atoms with Crippen LogP contribution in [0.5, 0.6) is 0 Å². The summed E-state index contributed by atoms with van der Waals surface area (Å²) in [7, 11) is 0. The van der Waals surface area contributed by atoms with Crippen LogP contribution in [0.2, 0.25) is 0 Å². The summed E-state index contributed by atoms with van der Waals surface area (Å²) >= 11 is 5.33. The van der Waals surface area contributed by atoms with E-state index < -0.39 is 0 Å². The highest BCUT2D eigenvalue weighted by Crippen LogP contribution is 2.25. The molecule has 1 N–H and O–H groups in total. The van der Waals surface area contributed by atoms with Crippen LogP contribution in [0.1, 0.15) is 41.2 Å². The summed E-state index contributed by atoms with van der Waals surface area (Å²) < 4.78 is 1.13. The molecule has 1 aromatic carbocycles. The van der Waals surface area contributed by atoms with E-state index in [0.29, 0.717) is 12.1 Å². The Morgan fingerprint density at radius 1 is 1.00 bits per heavy atom. The van der Waals surface area contributed by atoms with Crippen molar-refractivity contribution in [2.45, 2.75) is 32.9 Å². The molecule has 1 aromatic heterocycles. The Hall–Kier alpha value is -0.640. The van der Waals surface area contributed by atoms with Crippen LogP contribution >= 0.6 is 27.3 Å². The van der Waals surface area contributed by atoms with E-state index in [4.69, 9.17) is 0 Å². The molecule has 0 aliphatic carbocycles. The van der Waals surface area contributed by atoms with Crippen LogP contribution in [-0.4, -0.2) is 0 Å². The standard InChI is InChI=1S/C15H18BrNS/c1-10-4-9-15(18-10)12(3)17-11(2)13-5-7-14(16)8-6-13/h4-9,11-12,17H,1-3H3. The van der Waals surface area contributed by atoms with Gasteiger partial charge in [0, 0.05) is 26.3 Å². The summed E-state index contributed by atoms with van der Waals surface area (Å²) in [4.78, 5) is 2.77. The number of aryl methyl sites for hydroxylation is 1. The van der Waals surface area contributed by atoms with Crippen molar-refractivity contribution in [3.63, 3.8) is 0 Å². The Morgan fingerprint density at radius 2 is 1.67 bits per heavy atom. The molecule has 0 amide bonds. The molecular formula is C15H18BrNS. The summed E-state index contributed by atoms with van der Waals surface area (Å²) in [5, 5.41) is 3.64. The van der Waals surface area contributed by atoms with Gasteiger partial charge in [-0.1, -0.05) is 28.1 Å². The van der Waals surface area contributed by atoms with Crippen LogP contribution in [0.3, 0.4) is 0 Å². The first-order valence-corrected chi connectivity index (χ1v) is 7.75. The first-order chi connectivity index (χ1) is 8.56. The number of halogens is 1. The van der Waals surface area contributed by atoms with Crippen LogP contribution in [0.4, 0.5) is 0 Å². The van der Waals surface area contributed by atoms with Crippen molar-refractivity contribution >= 4 is 27.3 Å². The van der Waals surface area contributed by atoms with Gasteiger partial charge in [-0.25, -0.2) is 0 Å². The summed E-state index contributed by atoms with van der Waals surface area (Å²) in [5.74, 6) is 0. The summed E-state index contributed by atoms with van der Waals surface area (Å²) in [5.41, 5.74) is 1.32. The monoisotopic (exact) mass is 323 g/mol. The molecule has 2 rings (SSSR count). The molecular weight excluding hydrogens is 306 g/mol. The highest BCUT2D eigenvalue weighted by molar-refractivity contribution is 9.10. The minimum Gasteiger partial charge on any atom is -0.303 e. The molecule has 1 nitrogen and oxygen atoms in total. The molecule has 0 aliphatic heterocycles. The third-order valence-corrected chi connectivity index (χ3v) is 4.77. The van der Waals surface area contributed by atoms with Gasteiger partial charge in [0.15, 0.2) is 0 Å². The van der Waals surface area contributed by atoms with Crippen molar-refractivity contribution in [3.05, 3.63) is 56.2 Å². The molecule has 2 aromatic rings. The van der Waals surface area contributed by atoms with Gasteiger partial charge in [-0.05, 0) is 50.6 Å². The second kappa shape index (κ2) is 6.00. The lowest BCUT2D eigenvalue weighted by Gasteiger charge is -2.19. The zero-order chi connectivity index (χ0) is 13.1. The van der Waals surface area contributed by atoms with Crippen LogP contribution in [-0.2, 0) is 0 Å². The smallest absolute Gasteiger partial charge is 0.0391 e. The largest absolute Gasteiger partial charge is 0.303 e. The lowest BCUT2D eigenvalue weighted by molar-refractivity contribution is 0.500. The number of rotatable bonds is 4. The molecule has 0 radical (unpaired) electrons. The third kappa shape index (κ3) is 3.44. The number of thiophene rings is 1. The summed E-state index contributed by atoms with van der Waals surface area (Å²) in [6.45, 7) is 6.58. The average molecular weight is 324 g/mol. The van der Waals surface area contributed by atoms with Crippen molar-refractivity contribution in [1.29, 1.82) is 0 Å². The van der Waals surface area contributed by atoms with E-state index in [1.54, 1.807) is 0 Å². The fraction of sp³-hybridized carbons (Fsp3) is 0.333. The van der Waals surface area contributed by atoms with E-state index in [1.165, 1.54) is 15.3 Å². The molecule has 18 heavy (non-hydrogen) atoms. The maximum Gasteiger partial charge on any atom is 0.0391 e. The van der Waals surface area contributed by atoms with Gasteiger partial charge >= 0.3 is 0 Å². The lowest BCUT2D eigenvalue weighted by atomic mass is 10.1. The third-order valence-electron chi connectivity index (χ3n) is 3.06. The first-order valence-electron chi connectivity index (χ1n) is 6.14. The maximum absolute atomic E-state index is 3.64. The molecule has 0 fully saturated rings. The van der Waals surface area contributed by atoms with Crippen molar-refractivity contribution in [1.82, 2.24) is 5.32 Å². The SMILES string of the molecule is Cc1ccc(C(C)NC(C)c2ccc(Br)cc2)s1. The predicted molar refractivity (Wildman–Crippen MR) is 83.2 cm³/mol. The fourth-order valence-corrected chi connectivity index (χ4v) is 3.14. The second-order valence-corrected chi connectivity index (χ2v) is 6.85. The summed E-state index contributed by atoms with van der Waals surface area (Å²) in [6.07, 6.45) is 0. The molecule has 96 valence electrons. The number of nitrogens with one attached hydrogen (secondary N) is 1. The Labute approximate surface area is 121 Å². The predicted octanol–water partition coefficient (Wildman–Crippen LogP) is 5.23. The Balaban J connectivity index is 2.02.